The van der Waals surface area contributed by atoms with Crippen LogP contribution in [0.1, 0.15) is 46.8 Å². The molecule has 0 bridgehead atoms. The Morgan fingerprint density at radius 2 is 1.72 bits per heavy atom. The summed E-state index contributed by atoms with van der Waals surface area (Å²) in [6.45, 7) is 4.68. The van der Waals surface area contributed by atoms with Gasteiger partial charge < -0.3 is 29.2 Å². The number of nitrogens with one attached hydrogen (secondary N) is 2. The summed E-state index contributed by atoms with van der Waals surface area (Å²) in [5.41, 5.74) is 2.21. The zero-order valence-electron chi connectivity index (χ0n) is 17.7. The summed E-state index contributed by atoms with van der Waals surface area (Å²) >= 11 is 0. The number of ketones is 1. The fourth-order valence-corrected chi connectivity index (χ4v) is 3.28. The highest BCUT2D eigenvalue weighted by molar-refractivity contribution is 6.10. The minimum atomic E-state index is -0.613. The molecule has 8 nitrogen and oxygen atoms in total. The van der Waals surface area contributed by atoms with Gasteiger partial charge in [0.05, 0.1) is 34.0 Å². The third-order valence-corrected chi connectivity index (χ3v) is 4.52. The van der Waals surface area contributed by atoms with Crippen LogP contribution in [0.3, 0.4) is 0 Å². The Morgan fingerprint density at radius 1 is 1.03 bits per heavy atom. The minimum absolute atomic E-state index is 0.111. The van der Waals surface area contributed by atoms with E-state index in [9.17, 15) is 9.59 Å². The fourth-order valence-electron chi connectivity index (χ4n) is 3.28. The Bertz CT molecular complexity index is 888. The molecule has 158 valence electrons. The summed E-state index contributed by atoms with van der Waals surface area (Å²) in [6, 6.07) is 3.51. The lowest BCUT2D eigenvalue weighted by atomic mass is 9.96. The number of methoxy groups -OCH3 is 4. The molecule has 2 rings (SSSR count). The molecule has 0 aliphatic heterocycles. The fraction of sp³-hybridized carbons (Fsp3) is 0.429. The molecule has 0 saturated carbocycles. The standard InChI is InChI=1S/C21H28N2O6/c1-7-10-22-11-14-17(16(12(2)24)18(23-14)21(25)29-6)13-8-9-15(26-3)20(28-5)19(13)27-4/h8-9,22-23H,7,10-11H2,1-6H3. The number of H-pyrrole nitrogens is 1. The van der Waals surface area contributed by atoms with Crippen molar-refractivity contribution in [1.82, 2.24) is 10.3 Å². The van der Waals surface area contributed by atoms with Crippen molar-refractivity contribution in [3.05, 3.63) is 29.1 Å². The molecule has 0 unspecified atom stereocenters. The van der Waals surface area contributed by atoms with Crippen molar-refractivity contribution in [3.63, 3.8) is 0 Å². The van der Waals surface area contributed by atoms with Crippen molar-refractivity contribution in [2.24, 2.45) is 0 Å². The van der Waals surface area contributed by atoms with Crippen LogP contribution in [0.15, 0.2) is 12.1 Å². The smallest absolute Gasteiger partial charge is 0.355 e. The van der Waals surface area contributed by atoms with Crippen LogP contribution in [0.2, 0.25) is 0 Å². The predicted octanol–water partition coefficient (Wildman–Crippen LogP) is 3.20. The Balaban J connectivity index is 2.83. The van der Waals surface area contributed by atoms with Crippen LogP contribution in [0.4, 0.5) is 0 Å². The maximum Gasteiger partial charge on any atom is 0.355 e. The molecule has 29 heavy (non-hydrogen) atoms. The second-order valence-corrected chi connectivity index (χ2v) is 6.33. The first-order chi connectivity index (χ1) is 13.9. The molecule has 0 radical (unpaired) electrons. The van der Waals surface area contributed by atoms with Gasteiger partial charge in [-0.1, -0.05) is 6.92 Å². The van der Waals surface area contributed by atoms with E-state index in [0.29, 0.717) is 40.6 Å². The average Bonchev–Trinajstić information content (AvgIpc) is 3.11. The molecular formula is C21H28N2O6. The summed E-state index contributed by atoms with van der Waals surface area (Å²) in [6.07, 6.45) is 0.944. The monoisotopic (exact) mass is 404 g/mol. The molecule has 0 fully saturated rings. The largest absolute Gasteiger partial charge is 0.493 e. The second-order valence-electron chi connectivity index (χ2n) is 6.33. The molecule has 1 heterocycles. The maximum absolute atomic E-state index is 12.6. The zero-order valence-corrected chi connectivity index (χ0v) is 17.7. The highest BCUT2D eigenvalue weighted by Gasteiger charge is 2.29. The molecule has 0 aliphatic rings. The highest BCUT2D eigenvalue weighted by Crippen LogP contribution is 2.46. The van der Waals surface area contributed by atoms with E-state index in [1.165, 1.54) is 35.4 Å². The van der Waals surface area contributed by atoms with Crippen molar-refractivity contribution in [3.8, 4) is 28.4 Å². The van der Waals surface area contributed by atoms with Gasteiger partial charge in [-0.2, -0.15) is 0 Å². The number of aromatic nitrogens is 1. The lowest BCUT2D eigenvalue weighted by Crippen LogP contribution is -2.15. The van der Waals surface area contributed by atoms with Gasteiger partial charge >= 0.3 is 5.97 Å². The van der Waals surface area contributed by atoms with Gasteiger partial charge in [-0.15, -0.1) is 0 Å². The van der Waals surface area contributed by atoms with Gasteiger partial charge in [0.15, 0.2) is 17.3 Å². The van der Waals surface area contributed by atoms with E-state index in [1.807, 2.05) is 0 Å². The quantitative estimate of drug-likeness (QED) is 0.356. The van der Waals surface area contributed by atoms with E-state index < -0.39 is 5.97 Å². The van der Waals surface area contributed by atoms with Crippen LogP contribution in [0.25, 0.3) is 11.1 Å². The number of hydrogen-bond donors (Lipinski definition) is 2. The number of ether oxygens (including phenoxy) is 4. The summed E-state index contributed by atoms with van der Waals surface area (Å²) in [5.74, 6) is 0.413. The highest BCUT2D eigenvalue weighted by atomic mass is 16.5. The van der Waals surface area contributed by atoms with Crippen LogP contribution >= 0.6 is 0 Å². The zero-order chi connectivity index (χ0) is 21.6. The molecule has 1 aromatic heterocycles. The summed E-state index contributed by atoms with van der Waals surface area (Å²) in [7, 11) is 5.83. The van der Waals surface area contributed by atoms with E-state index in [1.54, 1.807) is 12.1 Å². The molecule has 0 aliphatic carbocycles. The van der Waals surface area contributed by atoms with Gasteiger partial charge in [-0.25, -0.2) is 4.79 Å². The van der Waals surface area contributed by atoms with Gasteiger partial charge in [0, 0.05) is 23.4 Å². The van der Waals surface area contributed by atoms with E-state index in [2.05, 4.69) is 17.2 Å². The van der Waals surface area contributed by atoms with Gasteiger partial charge in [0.2, 0.25) is 5.75 Å². The molecule has 0 amide bonds. The molecule has 1 aromatic carbocycles. The lowest BCUT2D eigenvalue weighted by Gasteiger charge is -2.17. The number of rotatable bonds is 10. The van der Waals surface area contributed by atoms with E-state index in [0.717, 1.165) is 13.0 Å². The lowest BCUT2D eigenvalue weighted by molar-refractivity contribution is 0.0591. The topological polar surface area (TPSA) is 98.9 Å². The van der Waals surface area contributed by atoms with Crippen LogP contribution in [-0.2, 0) is 11.3 Å². The maximum atomic E-state index is 12.6. The minimum Gasteiger partial charge on any atom is -0.493 e. The first-order valence-electron chi connectivity index (χ1n) is 9.29. The Morgan fingerprint density at radius 3 is 2.24 bits per heavy atom. The Kier molecular flexibility index (Phi) is 7.67. The van der Waals surface area contributed by atoms with Gasteiger partial charge in [0.1, 0.15) is 5.69 Å². The Labute approximate surface area is 170 Å². The summed E-state index contributed by atoms with van der Waals surface area (Å²) in [4.78, 5) is 28.0. The number of benzene rings is 1. The number of aromatic amines is 1. The third kappa shape index (κ3) is 4.37. The van der Waals surface area contributed by atoms with E-state index in [4.69, 9.17) is 18.9 Å². The van der Waals surface area contributed by atoms with Crippen molar-refractivity contribution in [2.45, 2.75) is 26.8 Å². The number of esters is 1. The molecule has 8 heteroatoms. The SMILES string of the molecule is CCCNCc1[nH]c(C(=O)OC)c(C(C)=O)c1-c1ccc(OC)c(OC)c1OC. The van der Waals surface area contributed by atoms with Gasteiger partial charge in [-0.3, -0.25) is 4.79 Å². The molecule has 0 spiro atoms. The van der Waals surface area contributed by atoms with Crippen LogP contribution in [0, 0.1) is 0 Å². The van der Waals surface area contributed by atoms with Crippen LogP contribution in [-0.4, -0.2) is 51.7 Å². The van der Waals surface area contributed by atoms with Crippen molar-refractivity contribution in [2.75, 3.05) is 35.0 Å². The summed E-state index contributed by atoms with van der Waals surface area (Å²) in [5, 5.41) is 3.30. The molecular weight excluding hydrogens is 376 g/mol. The van der Waals surface area contributed by atoms with Gasteiger partial charge in [-0.05, 0) is 32.0 Å². The Hall–Kier alpha value is -3.00. The number of hydrogen-bond acceptors (Lipinski definition) is 7. The predicted molar refractivity (Wildman–Crippen MR) is 109 cm³/mol. The number of Topliss-reactive ketones (excluding diaryl/α,β-unsaturated/α-hetero) is 1. The normalized spacial score (nSPS) is 10.6. The molecule has 0 atom stereocenters. The average molecular weight is 404 g/mol. The number of carbonyl (C=O) groups excluding carboxylic acids is 2. The summed E-state index contributed by atoms with van der Waals surface area (Å²) < 4.78 is 21.3. The molecule has 2 aromatic rings. The van der Waals surface area contributed by atoms with Crippen molar-refractivity contribution < 1.29 is 28.5 Å². The third-order valence-electron chi connectivity index (χ3n) is 4.52. The number of carbonyl (C=O) groups is 2. The van der Waals surface area contributed by atoms with Gasteiger partial charge in [0.25, 0.3) is 0 Å². The van der Waals surface area contributed by atoms with Crippen LogP contribution < -0.4 is 19.5 Å². The first kappa shape index (κ1) is 22.3. The molecule has 0 saturated heterocycles. The van der Waals surface area contributed by atoms with E-state index in [-0.39, 0.29) is 17.0 Å². The molecule has 2 N–H and O–H groups in total. The first-order valence-corrected chi connectivity index (χ1v) is 9.29. The van der Waals surface area contributed by atoms with E-state index >= 15 is 0 Å². The van der Waals surface area contributed by atoms with Crippen LogP contribution in [0.5, 0.6) is 17.2 Å². The second kappa shape index (κ2) is 9.97. The van der Waals surface area contributed by atoms with Crippen molar-refractivity contribution >= 4 is 11.8 Å². The van der Waals surface area contributed by atoms with Crippen molar-refractivity contribution in [1.29, 1.82) is 0 Å².